The largest absolute Gasteiger partial charge is 0.361 e. The first-order chi connectivity index (χ1) is 7.59. The summed E-state index contributed by atoms with van der Waals surface area (Å²) in [5, 5.41) is 0. The first-order valence-electron chi connectivity index (χ1n) is 4.93. The molecule has 0 atom stereocenters. The lowest BCUT2D eigenvalue weighted by Gasteiger charge is -2.16. The summed E-state index contributed by atoms with van der Waals surface area (Å²) < 4.78 is 0. The SMILES string of the molecule is CN(C)c1nc(N(C)C)c2nccnc2n1. The molecule has 16 heavy (non-hydrogen) atoms. The second kappa shape index (κ2) is 3.88. The van der Waals surface area contributed by atoms with Crippen LogP contribution in [0, 0.1) is 0 Å². The van der Waals surface area contributed by atoms with Crippen LogP contribution in [0.3, 0.4) is 0 Å². The van der Waals surface area contributed by atoms with Crippen molar-refractivity contribution in [2.45, 2.75) is 0 Å². The molecule has 0 spiro atoms. The molecule has 2 aromatic rings. The van der Waals surface area contributed by atoms with Crippen LogP contribution in [0.4, 0.5) is 11.8 Å². The van der Waals surface area contributed by atoms with Gasteiger partial charge in [-0.15, -0.1) is 0 Å². The zero-order valence-corrected chi connectivity index (χ0v) is 9.84. The summed E-state index contributed by atoms with van der Waals surface area (Å²) in [6.07, 6.45) is 3.28. The first kappa shape index (κ1) is 10.5. The van der Waals surface area contributed by atoms with Gasteiger partial charge in [0, 0.05) is 40.6 Å². The molecule has 0 N–H and O–H groups in total. The fraction of sp³-hybridized carbons (Fsp3) is 0.400. The first-order valence-corrected chi connectivity index (χ1v) is 4.93. The quantitative estimate of drug-likeness (QED) is 0.733. The zero-order valence-electron chi connectivity index (χ0n) is 9.84. The molecule has 6 heteroatoms. The van der Waals surface area contributed by atoms with Crippen molar-refractivity contribution in [3.8, 4) is 0 Å². The van der Waals surface area contributed by atoms with Crippen molar-refractivity contribution < 1.29 is 0 Å². The number of hydrogen-bond donors (Lipinski definition) is 0. The number of anilines is 2. The zero-order chi connectivity index (χ0) is 11.7. The average Bonchev–Trinajstić information content (AvgIpc) is 2.27. The number of rotatable bonds is 2. The molecule has 0 radical (unpaired) electrons. The second-order valence-corrected chi connectivity index (χ2v) is 3.86. The minimum Gasteiger partial charge on any atom is -0.361 e. The van der Waals surface area contributed by atoms with Gasteiger partial charge in [-0.1, -0.05) is 0 Å². The molecule has 2 heterocycles. The third-order valence-corrected chi connectivity index (χ3v) is 2.13. The Morgan fingerprint density at radius 2 is 1.56 bits per heavy atom. The molecular weight excluding hydrogens is 204 g/mol. The van der Waals surface area contributed by atoms with E-state index in [1.54, 1.807) is 12.4 Å². The third-order valence-electron chi connectivity index (χ3n) is 2.13. The minimum absolute atomic E-state index is 0.616. The number of fused-ring (bicyclic) bond motifs is 1. The molecule has 0 fully saturated rings. The predicted molar refractivity (Wildman–Crippen MR) is 63.8 cm³/mol. The van der Waals surface area contributed by atoms with E-state index in [2.05, 4.69) is 19.9 Å². The second-order valence-electron chi connectivity index (χ2n) is 3.86. The summed E-state index contributed by atoms with van der Waals surface area (Å²) in [5.74, 6) is 1.42. The molecule has 2 aromatic heterocycles. The fourth-order valence-corrected chi connectivity index (χ4v) is 1.35. The molecule has 0 amide bonds. The van der Waals surface area contributed by atoms with Gasteiger partial charge in [0.05, 0.1) is 0 Å². The maximum atomic E-state index is 4.44. The van der Waals surface area contributed by atoms with Gasteiger partial charge in [-0.2, -0.15) is 9.97 Å². The third kappa shape index (κ3) is 1.73. The smallest absolute Gasteiger partial charge is 0.228 e. The van der Waals surface area contributed by atoms with Crippen LogP contribution in [0.25, 0.3) is 11.2 Å². The molecule has 0 saturated heterocycles. The summed E-state index contributed by atoms with van der Waals surface area (Å²) in [7, 11) is 7.65. The van der Waals surface area contributed by atoms with Crippen molar-refractivity contribution in [3.05, 3.63) is 12.4 Å². The standard InChI is InChI=1S/C10H14N6/c1-15(2)9-7-8(12-6-5-11-7)13-10(14-9)16(3)4/h5-6H,1-4H3. The Morgan fingerprint density at radius 3 is 2.19 bits per heavy atom. The highest BCUT2D eigenvalue weighted by atomic mass is 15.3. The summed E-state index contributed by atoms with van der Waals surface area (Å²) in [6, 6.07) is 0. The van der Waals surface area contributed by atoms with Crippen molar-refractivity contribution in [2.75, 3.05) is 38.0 Å². The summed E-state index contributed by atoms with van der Waals surface area (Å²) in [5.41, 5.74) is 1.34. The number of nitrogens with zero attached hydrogens (tertiary/aromatic N) is 6. The van der Waals surface area contributed by atoms with Crippen LogP contribution in [0.1, 0.15) is 0 Å². The highest BCUT2D eigenvalue weighted by Crippen LogP contribution is 2.20. The minimum atomic E-state index is 0.616. The van der Waals surface area contributed by atoms with E-state index in [1.165, 1.54) is 0 Å². The van der Waals surface area contributed by atoms with E-state index in [-0.39, 0.29) is 0 Å². The van der Waals surface area contributed by atoms with Gasteiger partial charge in [-0.05, 0) is 0 Å². The van der Waals surface area contributed by atoms with Gasteiger partial charge >= 0.3 is 0 Å². The Kier molecular flexibility index (Phi) is 2.55. The number of aromatic nitrogens is 4. The van der Waals surface area contributed by atoms with Crippen LogP contribution >= 0.6 is 0 Å². The van der Waals surface area contributed by atoms with E-state index in [0.717, 1.165) is 11.3 Å². The van der Waals surface area contributed by atoms with Gasteiger partial charge < -0.3 is 9.80 Å². The van der Waals surface area contributed by atoms with Crippen molar-refractivity contribution in [2.24, 2.45) is 0 Å². The summed E-state index contributed by atoms with van der Waals surface area (Å²) in [4.78, 5) is 21.0. The van der Waals surface area contributed by atoms with Gasteiger partial charge in [0.25, 0.3) is 0 Å². The molecule has 0 aliphatic heterocycles. The molecule has 0 aliphatic carbocycles. The molecule has 2 rings (SSSR count). The van der Waals surface area contributed by atoms with Gasteiger partial charge in [-0.25, -0.2) is 9.97 Å². The van der Waals surface area contributed by atoms with Crippen molar-refractivity contribution in [3.63, 3.8) is 0 Å². The lowest BCUT2D eigenvalue weighted by molar-refractivity contribution is 0.975. The van der Waals surface area contributed by atoms with Crippen LogP contribution < -0.4 is 9.80 Å². The predicted octanol–water partition coefficient (Wildman–Crippen LogP) is 0.552. The van der Waals surface area contributed by atoms with Crippen LogP contribution in [-0.2, 0) is 0 Å². The van der Waals surface area contributed by atoms with Crippen molar-refractivity contribution in [1.82, 2.24) is 19.9 Å². The Hall–Kier alpha value is -1.98. The Labute approximate surface area is 94.0 Å². The maximum absolute atomic E-state index is 4.44. The van der Waals surface area contributed by atoms with E-state index in [1.807, 2.05) is 38.0 Å². The molecule has 0 aliphatic rings. The highest BCUT2D eigenvalue weighted by molar-refractivity contribution is 5.83. The van der Waals surface area contributed by atoms with Crippen LogP contribution in [0.2, 0.25) is 0 Å². The van der Waals surface area contributed by atoms with E-state index >= 15 is 0 Å². The topological polar surface area (TPSA) is 58.0 Å². The molecule has 0 unspecified atom stereocenters. The summed E-state index contributed by atoms with van der Waals surface area (Å²) in [6.45, 7) is 0. The molecule has 0 aromatic carbocycles. The summed E-state index contributed by atoms with van der Waals surface area (Å²) >= 11 is 0. The number of hydrogen-bond acceptors (Lipinski definition) is 6. The Bertz CT molecular complexity index is 508. The highest BCUT2D eigenvalue weighted by Gasteiger charge is 2.11. The Morgan fingerprint density at radius 1 is 0.875 bits per heavy atom. The van der Waals surface area contributed by atoms with E-state index in [9.17, 15) is 0 Å². The monoisotopic (exact) mass is 218 g/mol. The van der Waals surface area contributed by atoms with Crippen molar-refractivity contribution >= 4 is 22.9 Å². The van der Waals surface area contributed by atoms with Crippen LogP contribution in [-0.4, -0.2) is 48.1 Å². The normalized spacial score (nSPS) is 10.5. The van der Waals surface area contributed by atoms with E-state index in [0.29, 0.717) is 11.6 Å². The van der Waals surface area contributed by atoms with Gasteiger partial charge in [0.2, 0.25) is 5.95 Å². The molecular formula is C10H14N6. The van der Waals surface area contributed by atoms with Crippen molar-refractivity contribution in [1.29, 1.82) is 0 Å². The Balaban J connectivity index is 2.74. The van der Waals surface area contributed by atoms with Crippen LogP contribution in [0.15, 0.2) is 12.4 Å². The van der Waals surface area contributed by atoms with Crippen LogP contribution in [0.5, 0.6) is 0 Å². The lowest BCUT2D eigenvalue weighted by atomic mass is 10.4. The van der Waals surface area contributed by atoms with Gasteiger partial charge in [0.1, 0.15) is 0 Å². The lowest BCUT2D eigenvalue weighted by Crippen LogP contribution is -2.18. The fourth-order valence-electron chi connectivity index (χ4n) is 1.35. The van der Waals surface area contributed by atoms with Gasteiger partial charge in [0.15, 0.2) is 17.0 Å². The molecule has 0 saturated carbocycles. The van der Waals surface area contributed by atoms with E-state index < -0.39 is 0 Å². The average molecular weight is 218 g/mol. The van der Waals surface area contributed by atoms with Gasteiger partial charge in [-0.3, -0.25) is 0 Å². The molecule has 84 valence electrons. The molecule has 6 nitrogen and oxygen atoms in total. The maximum Gasteiger partial charge on any atom is 0.228 e. The van der Waals surface area contributed by atoms with E-state index in [4.69, 9.17) is 0 Å². The molecule has 0 bridgehead atoms.